The van der Waals surface area contributed by atoms with Crippen LogP contribution in [0.25, 0.3) is 0 Å². The van der Waals surface area contributed by atoms with Crippen molar-refractivity contribution in [2.45, 2.75) is 111 Å². The molecule has 0 aliphatic carbocycles. The first-order valence-electron chi connectivity index (χ1n) is 10.3. The van der Waals surface area contributed by atoms with Gasteiger partial charge in [0.05, 0.1) is 0 Å². The fraction of sp³-hybridized carbons (Fsp3) is 1.00. The molecule has 0 bridgehead atoms. The predicted molar refractivity (Wildman–Crippen MR) is 105 cm³/mol. The number of hydrogen-bond donors (Lipinski definition) is 0. The highest BCUT2D eigenvalue weighted by atomic mass is 28.4. The SMILES string of the molecule is CCCCCCCCCCCCO[Si](C)(C)OCCCC(C)C. The zero-order valence-electron chi connectivity index (χ0n) is 16.8. The molecule has 0 saturated heterocycles. The molecule has 0 N–H and O–H groups in total. The second-order valence-corrected chi connectivity index (χ2v) is 11.2. The van der Waals surface area contributed by atoms with Gasteiger partial charge in [-0.1, -0.05) is 78.6 Å². The van der Waals surface area contributed by atoms with Crippen LogP contribution in [-0.2, 0) is 8.85 Å². The third-order valence-corrected chi connectivity index (χ3v) is 6.12. The van der Waals surface area contributed by atoms with E-state index in [1.807, 2.05) is 0 Å². The third kappa shape index (κ3) is 18.3. The summed E-state index contributed by atoms with van der Waals surface area (Å²) < 4.78 is 12.0. The van der Waals surface area contributed by atoms with Crippen molar-refractivity contribution >= 4 is 8.56 Å². The summed E-state index contributed by atoms with van der Waals surface area (Å²) in [5.74, 6) is 0.774. The smallest absolute Gasteiger partial charge is 0.331 e. The molecule has 0 heterocycles. The first-order valence-corrected chi connectivity index (χ1v) is 13.1. The van der Waals surface area contributed by atoms with Gasteiger partial charge < -0.3 is 8.85 Å². The molecule has 0 atom stereocenters. The molecule has 3 heteroatoms. The van der Waals surface area contributed by atoms with Gasteiger partial charge in [-0.3, -0.25) is 0 Å². The second kappa shape index (κ2) is 15.7. The van der Waals surface area contributed by atoms with Crippen LogP contribution in [0.5, 0.6) is 0 Å². The molecule has 23 heavy (non-hydrogen) atoms. The molecule has 0 aromatic heterocycles. The van der Waals surface area contributed by atoms with E-state index in [-0.39, 0.29) is 0 Å². The van der Waals surface area contributed by atoms with Gasteiger partial charge >= 0.3 is 8.56 Å². The minimum Gasteiger partial charge on any atom is -0.395 e. The van der Waals surface area contributed by atoms with Crippen LogP contribution in [0.3, 0.4) is 0 Å². The molecule has 0 aromatic carbocycles. The summed E-state index contributed by atoms with van der Waals surface area (Å²) in [5.41, 5.74) is 0. The lowest BCUT2D eigenvalue weighted by Gasteiger charge is -2.23. The van der Waals surface area contributed by atoms with Crippen LogP contribution in [0.2, 0.25) is 13.1 Å². The Bertz CT molecular complexity index is 242. The van der Waals surface area contributed by atoms with E-state index in [1.165, 1.54) is 70.6 Å². The largest absolute Gasteiger partial charge is 0.395 e. The van der Waals surface area contributed by atoms with E-state index in [9.17, 15) is 0 Å². The van der Waals surface area contributed by atoms with Crippen LogP contribution < -0.4 is 0 Å². The first kappa shape index (κ1) is 23.1. The van der Waals surface area contributed by atoms with Crippen molar-refractivity contribution in [2.24, 2.45) is 5.92 Å². The van der Waals surface area contributed by atoms with Crippen molar-refractivity contribution in [3.63, 3.8) is 0 Å². The monoisotopic (exact) mass is 344 g/mol. The summed E-state index contributed by atoms with van der Waals surface area (Å²) in [6, 6.07) is 0. The zero-order chi connectivity index (χ0) is 17.4. The Morgan fingerprint density at radius 2 is 1.09 bits per heavy atom. The molecule has 0 rings (SSSR count). The number of rotatable bonds is 17. The summed E-state index contributed by atoms with van der Waals surface area (Å²) in [7, 11) is -1.87. The summed E-state index contributed by atoms with van der Waals surface area (Å²) in [6.07, 6.45) is 16.2. The van der Waals surface area contributed by atoms with E-state index in [4.69, 9.17) is 8.85 Å². The maximum Gasteiger partial charge on any atom is 0.331 e. The van der Waals surface area contributed by atoms with Gasteiger partial charge in [-0.2, -0.15) is 0 Å². The normalized spacial score (nSPS) is 12.3. The average molecular weight is 345 g/mol. The van der Waals surface area contributed by atoms with Crippen molar-refractivity contribution < 1.29 is 8.85 Å². The molecule has 0 radical (unpaired) electrons. The van der Waals surface area contributed by atoms with E-state index >= 15 is 0 Å². The summed E-state index contributed by atoms with van der Waals surface area (Å²) in [6.45, 7) is 12.9. The maximum absolute atomic E-state index is 6.03. The van der Waals surface area contributed by atoms with Crippen molar-refractivity contribution in [3.8, 4) is 0 Å². The van der Waals surface area contributed by atoms with Crippen LogP contribution in [0, 0.1) is 5.92 Å². The number of unbranched alkanes of at least 4 members (excludes halogenated alkanes) is 9. The lowest BCUT2D eigenvalue weighted by Crippen LogP contribution is -2.35. The van der Waals surface area contributed by atoms with Gasteiger partial charge in [0.15, 0.2) is 0 Å². The molecule has 0 unspecified atom stereocenters. The van der Waals surface area contributed by atoms with E-state index in [0.717, 1.165) is 25.6 Å². The van der Waals surface area contributed by atoms with Gasteiger partial charge in [0, 0.05) is 13.2 Å². The van der Waals surface area contributed by atoms with E-state index in [1.54, 1.807) is 0 Å². The molecule has 2 nitrogen and oxygen atoms in total. The van der Waals surface area contributed by atoms with Gasteiger partial charge in [-0.25, -0.2) is 0 Å². The Morgan fingerprint density at radius 1 is 0.652 bits per heavy atom. The molecule has 0 aromatic rings. The highest BCUT2D eigenvalue weighted by Crippen LogP contribution is 2.13. The predicted octanol–water partition coefficient (Wildman–Crippen LogP) is 7.08. The van der Waals surface area contributed by atoms with Crippen molar-refractivity contribution in [1.82, 2.24) is 0 Å². The van der Waals surface area contributed by atoms with Crippen LogP contribution in [-0.4, -0.2) is 21.8 Å². The fourth-order valence-corrected chi connectivity index (χ4v) is 4.11. The highest BCUT2D eigenvalue weighted by Gasteiger charge is 2.23. The molecule has 0 aliphatic rings. The Hall–Kier alpha value is 0.137. The Balaban J connectivity index is 3.32. The summed E-state index contributed by atoms with van der Waals surface area (Å²) in [4.78, 5) is 0. The fourth-order valence-electron chi connectivity index (χ4n) is 2.76. The second-order valence-electron chi connectivity index (χ2n) is 7.81. The third-order valence-electron chi connectivity index (χ3n) is 4.32. The average Bonchev–Trinajstić information content (AvgIpc) is 2.49. The van der Waals surface area contributed by atoms with Crippen LogP contribution in [0.15, 0.2) is 0 Å². The van der Waals surface area contributed by atoms with Crippen LogP contribution in [0.1, 0.15) is 97.8 Å². The number of hydrogen-bond acceptors (Lipinski definition) is 2. The Kier molecular flexibility index (Phi) is 15.7. The Labute approximate surface area is 148 Å². The van der Waals surface area contributed by atoms with Crippen molar-refractivity contribution in [2.75, 3.05) is 13.2 Å². The Morgan fingerprint density at radius 3 is 1.57 bits per heavy atom. The van der Waals surface area contributed by atoms with E-state index in [0.29, 0.717) is 0 Å². The van der Waals surface area contributed by atoms with Crippen LogP contribution in [0.4, 0.5) is 0 Å². The molecule has 0 saturated carbocycles. The minimum absolute atomic E-state index is 0.774. The lowest BCUT2D eigenvalue weighted by atomic mass is 10.1. The molecule has 0 spiro atoms. The summed E-state index contributed by atoms with van der Waals surface area (Å²) in [5, 5.41) is 0. The molecular formula is C20H44O2Si. The molecule has 140 valence electrons. The maximum atomic E-state index is 6.03. The van der Waals surface area contributed by atoms with Crippen molar-refractivity contribution in [1.29, 1.82) is 0 Å². The van der Waals surface area contributed by atoms with Gasteiger partial charge in [-0.15, -0.1) is 0 Å². The van der Waals surface area contributed by atoms with E-state index < -0.39 is 8.56 Å². The van der Waals surface area contributed by atoms with Crippen molar-refractivity contribution in [3.05, 3.63) is 0 Å². The quantitative estimate of drug-likeness (QED) is 0.207. The standard InChI is InChI=1S/C20H44O2Si/c1-6-7-8-9-10-11-12-13-14-15-18-21-23(4,5)22-19-16-17-20(2)3/h20H,6-19H2,1-5H3. The highest BCUT2D eigenvalue weighted by molar-refractivity contribution is 6.64. The summed E-state index contributed by atoms with van der Waals surface area (Å²) >= 11 is 0. The van der Waals surface area contributed by atoms with E-state index in [2.05, 4.69) is 33.9 Å². The first-order chi connectivity index (χ1) is 11.0. The minimum atomic E-state index is -1.87. The van der Waals surface area contributed by atoms with Crippen LogP contribution >= 0.6 is 0 Å². The topological polar surface area (TPSA) is 18.5 Å². The van der Waals surface area contributed by atoms with Gasteiger partial charge in [0.2, 0.25) is 0 Å². The van der Waals surface area contributed by atoms with Gasteiger partial charge in [-0.05, 0) is 38.3 Å². The molecule has 0 fully saturated rings. The lowest BCUT2D eigenvalue weighted by molar-refractivity contribution is 0.171. The van der Waals surface area contributed by atoms with Gasteiger partial charge in [0.25, 0.3) is 0 Å². The van der Waals surface area contributed by atoms with Gasteiger partial charge in [0.1, 0.15) is 0 Å². The molecule has 0 amide bonds. The zero-order valence-corrected chi connectivity index (χ0v) is 17.8. The molecular weight excluding hydrogens is 300 g/mol. The molecule has 0 aliphatic heterocycles.